The minimum Gasteiger partial charge on any atom is -0.378 e. The summed E-state index contributed by atoms with van der Waals surface area (Å²) in [6, 6.07) is 16.3. The molecule has 0 saturated heterocycles. The first-order chi connectivity index (χ1) is 11.5. The third-order valence-electron chi connectivity index (χ3n) is 4.18. The molecule has 24 heavy (non-hydrogen) atoms. The molecule has 0 spiro atoms. The number of halogens is 1. The van der Waals surface area contributed by atoms with Gasteiger partial charge in [-0.25, -0.2) is 5.01 Å². The molecule has 1 aliphatic rings. The number of nitrogens with zero attached hydrogens (tertiary/aromatic N) is 3. The van der Waals surface area contributed by atoms with Gasteiger partial charge in [0.15, 0.2) is 0 Å². The lowest BCUT2D eigenvalue weighted by atomic mass is 9.98. The molecule has 0 radical (unpaired) electrons. The number of rotatable bonds is 3. The van der Waals surface area contributed by atoms with Gasteiger partial charge in [0.2, 0.25) is 5.91 Å². The highest BCUT2D eigenvalue weighted by atomic mass is 79.9. The topological polar surface area (TPSA) is 35.9 Å². The number of hydrogen-bond donors (Lipinski definition) is 0. The number of anilines is 1. The Morgan fingerprint density at radius 3 is 2.50 bits per heavy atom. The molecular weight excluding hydrogens is 366 g/mol. The second kappa shape index (κ2) is 6.77. The van der Waals surface area contributed by atoms with Crippen LogP contribution < -0.4 is 4.90 Å². The lowest BCUT2D eigenvalue weighted by Gasteiger charge is -2.20. The van der Waals surface area contributed by atoms with Gasteiger partial charge in [0.05, 0.1) is 11.8 Å². The summed E-state index contributed by atoms with van der Waals surface area (Å²) in [5, 5.41) is 6.19. The Kier molecular flexibility index (Phi) is 4.71. The van der Waals surface area contributed by atoms with Crippen molar-refractivity contribution in [3.8, 4) is 0 Å². The van der Waals surface area contributed by atoms with E-state index < -0.39 is 0 Å². The standard InChI is InChI=1S/C19H20BrN3O/c1-13(24)23-19(15-5-4-6-16(20)11-15)12-18(21-23)14-7-9-17(10-8-14)22(2)3/h4-11,19H,12H2,1-3H3/t19-/m1/s1. The van der Waals surface area contributed by atoms with Gasteiger partial charge in [-0.05, 0) is 35.4 Å². The van der Waals surface area contributed by atoms with E-state index in [4.69, 9.17) is 0 Å². The maximum atomic E-state index is 12.0. The Bertz CT molecular complexity index is 783. The smallest absolute Gasteiger partial charge is 0.240 e. The Hall–Kier alpha value is -2.14. The van der Waals surface area contributed by atoms with Gasteiger partial charge in [0.1, 0.15) is 0 Å². The minimum atomic E-state index is -0.0523. The molecule has 0 saturated carbocycles. The lowest BCUT2D eigenvalue weighted by molar-refractivity contribution is -0.130. The molecule has 2 aromatic carbocycles. The number of benzene rings is 2. The molecule has 0 N–H and O–H groups in total. The summed E-state index contributed by atoms with van der Waals surface area (Å²) in [6.45, 7) is 1.56. The molecule has 1 heterocycles. The van der Waals surface area contributed by atoms with Gasteiger partial charge in [0, 0.05) is 37.6 Å². The zero-order valence-electron chi connectivity index (χ0n) is 14.0. The van der Waals surface area contributed by atoms with Crippen molar-refractivity contribution < 1.29 is 4.79 Å². The van der Waals surface area contributed by atoms with Crippen molar-refractivity contribution in [3.05, 3.63) is 64.1 Å². The van der Waals surface area contributed by atoms with Gasteiger partial charge in [-0.15, -0.1) is 0 Å². The van der Waals surface area contributed by atoms with Crippen LogP contribution in [0, 0.1) is 0 Å². The van der Waals surface area contributed by atoms with Crippen LogP contribution in [0.2, 0.25) is 0 Å². The number of hydrogen-bond acceptors (Lipinski definition) is 3. The molecule has 5 heteroatoms. The van der Waals surface area contributed by atoms with Crippen LogP contribution >= 0.6 is 15.9 Å². The van der Waals surface area contributed by atoms with Gasteiger partial charge in [-0.2, -0.15) is 5.10 Å². The summed E-state index contributed by atoms with van der Waals surface area (Å²) < 4.78 is 1.01. The molecule has 0 bridgehead atoms. The zero-order chi connectivity index (χ0) is 17.3. The maximum absolute atomic E-state index is 12.0. The minimum absolute atomic E-state index is 0.0418. The third-order valence-corrected chi connectivity index (χ3v) is 4.68. The quantitative estimate of drug-likeness (QED) is 0.792. The third kappa shape index (κ3) is 3.36. The van der Waals surface area contributed by atoms with Crippen LogP contribution in [-0.4, -0.2) is 30.7 Å². The van der Waals surface area contributed by atoms with Crippen molar-refractivity contribution >= 4 is 33.2 Å². The van der Waals surface area contributed by atoms with Gasteiger partial charge >= 0.3 is 0 Å². The molecule has 124 valence electrons. The molecule has 1 aliphatic heterocycles. The van der Waals surface area contributed by atoms with Crippen LogP contribution in [0.4, 0.5) is 5.69 Å². The molecule has 0 aromatic heterocycles. The molecule has 0 unspecified atom stereocenters. The van der Waals surface area contributed by atoms with E-state index in [1.54, 1.807) is 11.9 Å². The number of carbonyl (C=O) groups is 1. The molecule has 1 amide bonds. The Morgan fingerprint density at radius 2 is 1.92 bits per heavy atom. The molecule has 1 atom stereocenters. The van der Waals surface area contributed by atoms with Gasteiger partial charge in [-0.1, -0.05) is 40.2 Å². The predicted molar refractivity (Wildman–Crippen MR) is 101 cm³/mol. The van der Waals surface area contributed by atoms with Crippen LogP contribution in [0.5, 0.6) is 0 Å². The van der Waals surface area contributed by atoms with Crippen molar-refractivity contribution in [2.24, 2.45) is 5.10 Å². The normalized spacial score (nSPS) is 16.9. The van der Waals surface area contributed by atoms with E-state index in [2.05, 4.69) is 50.2 Å². The van der Waals surface area contributed by atoms with Crippen molar-refractivity contribution in [2.45, 2.75) is 19.4 Å². The van der Waals surface area contributed by atoms with Gasteiger partial charge < -0.3 is 4.90 Å². The van der Waals surface area contributed by atoms with E-state index >= 15 is 0 Å². The summed E-state index contributed by atoms with van der Waals surface area (Å²) >= 11 is 3.50. The average Bonchev–Trinajstić information content (AvgIpc) is 3.00. The van der Waals surface area contributed by atoms with Crippen molar-refractivity contribution in [1.82, 2.24) is 5.01 Å². The molecule has 4 nitrogen and oxygen atoms in total. The summed E-state index contributed by atoms with van der Waals surface area (Å²) in [6.07, 6.45) is 0.720. The Labute approximate surface area is 150 Å². The van der Waals surface area contributed by atoms with Crippen LogP contribution in [0.3, 0.4) is 0 Å². The highest BCUT2D eigenvalue weighted by Gasteiger charge is 2.31. The van der Waals surface area contributed by atoms with E-state index in [0.717, 1.165) is 33.4 Å². The highest BCUT2D eigenvalue weighted by molar-refractivity contribution is 9.10. The van der Waals surface area contributed by atoms with E-state index in [9.17, 15) is 4.79 Å². The fourth-order valence-electron chi connectivity index (χ4n) is 2.90. The average molecular weight is 386 g/mol. The zero-order valence-corrected chi connectivity index (χ0v) is 15.6. The summed E-state index contributed by atoms with van der Waals surface area (Å²) in [4.78, 5) is 14.1. The fraction of sp³-hybridized carbons (Fsp3) is 0.263. The monoisotopic (exact) mass is 385 g/mol. The largest absolute Gasteiger partial charge is 0.378 e. The number of hydrazone groups is 1. The SMILES string of the molecule is CC(=O)N1N=C(c2ccc(N(C)C)cc2)C[C@@H]1c1cccc(Br)c1. The molecule has 0 aliphatic carbocycles. The van der Waals surface area contributed by atoms with Crippen LogP contribution in [0.15, 0.2) is 58.1 Å². The summed E-state index contributed by atoms with van der Waals surface area (Å²) in [5.74, 6) is -0.0418. The van der Waals surface area contributed by atoms with Crippen LogP contribution in [0.25, 0.3) is 0 Å². The Morgan fingerprint density at radius 1 is 1.21 bits per heavy atom. The summed E-state index contributed by atoms with van der Waals surface area (Å²) in [5.41, 5.74) is 4.23. The first-order valence-electron chi connectivity index (χ1n) is 7.86. The Balaban J connectivity index is 1.90. The fourth-order valence-corrected chi connectivity index (χ4v) is 3.32. The van der Waals surface area contributed by atoms with E-state index in [1.807, 2.05) is 38.4 Å². The summed E-state index contributed by atoms with van der Waals surface area (Å²) in [7, 11) is 4.03. The van der Waals surface area contributed by atoms with Gasteiger partial charge in [-0.3, -0.25) is 4.79 Å². The van der Waals surface area contributed by atoms with Gasteiger partial charge in [0.25, 0.3) is 0 Å². The van der Waals surface area contributed by atoms with Crippen LogP contribution in [-0.2, 0) is 4.79 Å². The highest BCUT2D eigenvalue weighted by Crippen LogP contribution is 2.34. The van der Waals surface area contributed by atoms with Crippen molar-refractivity contribution in [2.75, 3.05) is 19.0 Å². The lowest BCUT2D eigenvalue weighted by Crippen LogP contribution is -2.24. The van der Waals surface area contributed by atoms with Crippen molar-refractivity contribution in [3.63, 3.8) is 0 Å². The van der Waals surface area contributed by atoms with E-state index in [-0.39, 0.29) is 11.9 Å². The molecule has 2 aromatic rings. The van der Waals surface area contributed by atoms with E-state index in [0.29, 0.717) is 0 Å². The van der Waals surface area contributed by atoms with Crippen LogP contribution in [0.1, 0.15) is 30.5 Å². The first-order valence-corrected chi connectivity index (χ1v) is 8.65. The first kappa shape index (κ1) is 16.7. The number of amides is 1. The second-order valence-corrected chi connectivity index (χ2v) is 7.04. The molecule has 3 rings (SSSR count). The second-order valence-electron chi connectivity index (χ2n) is 6.13. The van der Waals surface area contributed by atoms with E-state index in [1.165, 1.54) is 0 Å². The maximum Gasteiger partial charge on any atom is 0.240 e. The number of carbonyl (C=O) groups excluding carboxylic acids is 1. The molecular formula is C19H20BrN3O. The molecule has 0 fully saturated rings. The van der Waals surface area contributed by atoms with Crippen molar-refractivity contribution in [1.29, 1.82) is 0 Å². The predicted octanol–water partition coefficient (Wildman–Crippen LogP) is 4.21.